The molecule has 1 aromatic heterocycles. The molecule has 0 N–H and O–H groups in total. The van der Waals surface area contributed by atoms with Crippen LogP contribution in [0.3, 0.4) is 0 Å². The van der Waals surface area contributed by atoms with Crippen LogP contribution in [0.4, 0.5) is 0 Å². The first-order valence-electron chi connectivity index (χ1n) is 8.44. The van der Waals surface area contributed by atoms with Gasteiger partial charge in [0.25, 0.3) is 5.56 Å². The Bertz CT molecular complexity index is 1120. The predicted molar refractivity (Wildman–Crippen MR) is 113 cm³/mol. The average molecular weight is 439 g/mol. The topological polar surface area (TPSA) is 72.1 Å². The molecule has 0 spiro atoms. The maximum Gasteiger partial charge on any atom is 0.269 e. The smallest absolute Gasteiger partial charge is 0.269 e. The first-order chi connectivity index (χ1) is 13.1. The van der Waals surface area contributed by atoms with Crippen molar-refractivity contribution in [3.63, 3.8) is 0 Å². The number of Topliss-reactive ketones (excluding diaryl/α,β-unsaturated/α-hetero) is 1. The number of rotatable bonds is 5. The molecule has 0 bridgehead atoms. The summed E-state index contributed by atoms with van der Waals surface area (Å²) in [5, 5.41) is 10.5. The molecule has 0 fully saturated rings. The number of halogens is 2. The molecule has 0 aliphatic carbocycles. The highest BCUT2D eigenvalue weighted by atomic mass is 35.5. The van der Waals surface area contributed by atoms with Crippen LogP contribution in [0.2, 0.25) is 10.0 Å². The number of ether oxygens (including phenoxy) is 1. The summed E-state index contributed by atoms with van der Waals surface area (Å²) in [7, 11) is 1.52. The molecular formula is C20H20Cl2N2O3S. The van der Waals surface area contributed by atoms with Crippen molar-refractivity contribution in [2.45, 2.75) is 27.3 Å². The maximum atomic E-state index is 13.0. The number of carbonyl (C=O) groups excluding carboxylic acids is 1. The minimum atomic E-state index is -0.749. The first-order valence-corrected chi connectivity index (χ1v) is 10.0. The van der Waals surface area contributed by atoms with Crippen molar-refractivity contribution in [1.82, 2.24) is 4.57 Å². The molecule has 0 saturated carbocycles. The van der Waals surface area contributed by atoms with E-state index in [0.29, 0.717) is 24.8 Å². The summed E-state index contributed by atoms with van der Waals surface area (Å²) in [5.74, 6) is -0.321. The lowest BCUT2D eigenvalue weighted by atomic mass is 9.87. The number of hydrogen-bond acceptors (Lipinski definition) is 5. The lowest BCUT2D eigenvalue weighted by molar-refractivity contribution is -0.120. The number of nitriles is 1. The summed E-state index contributed by atoms with van der Waals surface area (Å²) >= 11 is 13.2. The molecule has 0 amide bonds. The van der Waals surface area contributed by atoms with Crippen molar-refractivity contribution in [2.24, 2.45) is 5.41 Å². The van der Waals surface area contributed by atoms with Crippen LogP contribution in [0.15, 0.2) is 23.0 Å². The van der Waals surface area contributed by atoms with Gasteiger partial charge in [-0.1, -0.05) is 50.0 Å². The minimum Gasteiger partial charge on any atom is -0.383 e. The summed E-state index contributed by atoms with van der Waals surface area (Å²) in [6, 6.07) is 6.95. The summed E-state index contributed by atoms with van der Waals surface area (Å²) in [5.41, 5.74) is -0.471. The number of benzene rings is 1. The Kier molecular flexibility index (Phi) is 7.24. The molecular weight excluding hydrogens is 419 g/mol. The van der Waals surface area contributed by atoms with Gasteiger partial charge in [-0.25, -0.2) is 0 Å². The second-order valence-corrected chi connectivity index (χ2v) is 8.97. The monoisotopic (exact) mass is 438 g/mol. The SMILES string of the molecule is COCCn1c(=O)/c(=C/c2ccc(Cl)cc2Cl)s/c1=C(/C#N)C(=O)C(C)(C)C. The second kappa shape index (κ2) is 9.06. The number of methoxy groups -OCH3 is 1. The normalized spacial score (nSPS) is 13.4. The molecule has 1 heterocycles. The molecule has 0 radical (unpaired) electrons. The van der Waals surface area contributed by atoms with Gasteiger partial charge in [-0.2, -0.15) is 5.26 Å². The zero-order chi connectivity index (χ0) is 21.1. The van der Waals surface area contributed by atoms with E-state index in [9.17, 15) is 14.9 Å². The van der Waals surface area contributed by atoms with E-state index in [1.165, 1.54) is 11.7 Å². The van der Waals surface area contributed by atoms with Crippen molar-refractivity contribution in [1.29, 1.82) is 5.26 Å². The van der Waals surface area contributed by atoms with E-state index in [4.69, 9.17) is 27.9 Å². The van der Waals surface area contributed by atoms with E-state index in [0.717, 1.165) is 11.3 Å². The number of nitrogens with zero attached hydrogens (tertiary/aromatic N) is 2. The van der Waals surface area contributed by atoms with Gasteiger partial charge in [0.15, 0.2) is 5.78 Å². The van der Waals surface area contributed by atoms with Crippen molar-refractivity contribution < 1.29 is 9.53 Å². The van der Waals surface area contributed by atoms with Gasteiger partial charge in [-0.15, -0.1) is 11.3 Å². The van der Waals surface area contributed by atoms with Crippen LogP contribution in [-0.4, -0.2) is 24.1 Å². The summed E-state index contributed by atoms with van der Waals surface area (Å²) in [6.45, 7) is 5.70. The zero-order valence-electron chi connectivity index (χ0n) is 16.0. The van der Waals surface area contributed by atoms with Gasteiger partial charge in [0, 0.05) is 22.6 Å². The molecule has 0 aliphatic rings. The van der Waals surface area contributed by atoms with Crippen molar-refractivity contribution >= 4 is 52.0 Å². The fourth-order valence-electron chi connectivity index (χ4n) is 2.42. The quantitative estimate of drug-likeness (QED) is 0.718. The second-order valence-electron chi connectivity index (χ2n) is 7.10. The fraction of sp³-hybridized carbons (Fsp3) is 0.350. The Balaban J connectivity index is 2.84. The maximum absolute atomic E-state index is 13.0. The number of hydrogen-bond donors (Lipinski definition) is 0. The molecule has 0 unspecified atom stereocenters. The lowest BCUT2D eigenvalue weighted by Crippen LogP contribution is -2.35. The Labute approximate surface area is 177 Å². The summed E-state index contributed by atoms with van der Waals surface area (Å²) < 4.78 is 7.17. The van der Waals surface area contributed by atoms with Crippen LogP contribution in [0, 0.1) is 16.7 Å². The number of thiazole rings is 1. The Morgan fingerprint density at radius 3 is 2.57 bits per heavy atom. The Morgan fingerprint density at radius 1 is 1.36 bits per heavy atom. The van der Waals surface area contributed by atoms with Crippen molar-refractivity contribution in [3.05, 3.63) is 53.4 Å². The minimum absolute atomic E-state index is 0.0347. The number of aromatic nitrogens is 1. The third kappa shape index (κ3) is 4.92. The standard InChI is InChI=1S/C20H20Cl2N2O3S/c1-20(2,3)17(25)14(11-23)19-24(7-8-27-4)18(26)16(28-19)9-12-5-6-13(21)10-15(12)22/h5-6,9-10H,7-8H2,1-4H3/b16-9-,19-14-. The van der Waals surface area contributed by atoms with Gasteiger partial charge < -0.3 is 4.74 Å². The molecule has 0 aliphatic heterocycles. The summed E-state index contributed by atoms with van der Waals surface area (Å²) in [6.07, 6.45) is 1.63. The van der Waals surface area contributed by atoms with Crippen LogP contribution >= 0.6 is 34.5 Å². The largest absolute Gasteiger partial charge is 0.383 e. The molecule has 28 heavy (non-hydrogen) atoms. The molecule has 2 rings (SSSR count). The Hall–Kier alpha value is -1.91. The van der Waals surface area contributed by atoms with E-state index >= 15 is 0 Å². The third-order valence-electron chi connectivity index (χ3n) is 3.91. The van der Waals surface area contributed by atoms with Crippen LogP contribution in [-0.2, 0) is 16.1 Å². The van der Waals surface area contributed by atoms with Gasteiger partial charge in [0.05, 0.1) is 17.7 Å². The molecule has 5 nitrogen and oxygen atoms in total. The van der Waals surface area contributed by atoms with Crippen molar-refractivity contribution in [2.75, 3.05) is 13.7 Å². The van der Waals surface area contributed by atoms with Crippen LogP contribution in [0.1, 0.15) is 26.3 Å². The molecule has 148 valence electrons. The van der Waals surface area contributed by atoms with Crippen LogP contribution < -0.4 is 14.8 Å². The van der Waals surface area contributed by atoms with Gasteiger partial charge in [0.1, 0.15) is 16.3 Å². The molecule has 8 heteroatoms. The molecule has 0 atom stereocenters. The van der Waals surface area contributed by atoms with Gasteiger partial charge >= 0.3 is 0 Å². The van der Waals surface area contributed by atoms with E-state index in [1.54, 1.807) is 45.0 Å². The molecule has 2 aromatic rings. The van der Waals surface area contributed by atoms with Crippen LogP contribution in [0.25, 0.3) is 11.6 Å². The van der Waals surface area contributed by atoms with E-state index < -0.39 is 5.41 Å². The Morgan fingerprint density at radius 2 is 2.04 bits per heavy atom. The molecule has 1 aromatic carbocycles. The van der Waals surface area contributed by atoms with Crippen LogP contribution in [0.5, 0.6) is 0 Å². The highest BCUT2D eigenvalue weighted by Gasteiger charge is 2.27. The van der Waals surface area contributed by atoms with Gasteiger partial charge in [0.2, 0.25) is 0 Å². The van der Waals surface area contributed by atoms with Gasteiger partial charge in [-0.3, -0.25) is 14.2 Å². The van der Waals surface area contributed by atoms with E-state index in [1.807, 2.05) is 6.07 Å². The number of carbonyl (C=O) groups is 1. The van der Waals surface area contributed by atoms with E-state index in [-0.39, 0.29) is 30.1 Å². The highest BCUT2D eigenvalue weighted by Crippen LogP contribution is 2.21. The lowest BCUT2D eigenvalue weighted by Gasteiger charge is -2.15. The zero-order valence-corrected chi connectivity index (χ0v) is 18.3. The fourth-order valence-corrected chi connectivity index (χ4v) is 4.00. The average Bonchev–Trinajstić information content (AvgIpc) is 2.91. The third-order valence-corrected chi connectivity index (χ3v) is 5.60. The summed E-state index contributed by atoms with van der Waals surface area (Å²) in [4.78, 5) is 25.7. The van der Waals surface area contributed by atoms with Gasteiger partial charge in [-0.05, 0) is 23.8 Å². The predicted octanol–water partition coefficient (Wildman–Crippen LogP) is 2.98. The molecule has 0 saturated heterocycles. The first kappa shape index (κ1) is 22.4. The highest BCUT2D eigenvalue weighted by molar-refractivity contribution is 7.07. The van der Waals surface area contributed by atoms with E-state index in [2.05, 4.69) is 0 Å². The number of ketones is 1. The van der Waals surface area contributed by atoms with Crippen molar-refractivity contribution in [3.8, 4) is 6.07 Å².